The highest BCUT2D eigenvalue weighted by Gasteiger charge is 2.39. The van der Waals surface area contributed by atoms with Gasteiger partial charge in [-0.2, -0.15) is 0 Å². The van der Waals surface area contributed by atoms with E-state index in [1.54, 1.807) is 12.4 Å². The number of hydrogen-bond donors (Lipinski definition) is 2. The number of aromatic nitrogens is 1. The molecule has 1 aromatic heterocycles. The number of hydrogen-bond acceptors (Lipinski definition) is 3. The molecule has 0 fully saturated rings. The zero-order chi connectivity index (χ0) is 15.4. The molecule has 1 aromatic rings. The number of rotatable bonds is 5. The number of carboxylic acid groups (broad SMARTS) is 1. The van der Waals surface area contributed by atoms with Crippen molar-refractivity contribution in [3.63, 3.8) is 0 Å². The molecule has 20 heavy (non-hydrogen) atoms. The molecule has 0 radical (unpaired) electrons. The van der Waals surface area contributed by atoms with Crippen LogP contribution in [-0.4, -0.2) is 31.0 Å². The highest BCUT2D eigenvalue weighted by atomic mass is 28.4. The predicted molar refractivity (Wildman–Crippen MR) is 81.3 cm³/mol. The Hall–Kier alpha value is -1.40. The number of nitrogens with zero attached hydrogens (tertiary/aromatic N) is 1. The second-order valence-corrected chi connectivity index (χ2v) is 11.1. The van der Waals surface area contributed by atoms with Crippen molar-refractivity contribution in [2.45, 2.75) is 45.0 Å². The maximum absolute atomic E-state index is 10.7. The van der Waals surface area contributed by atoms with Crippen molar-refractivity contribution in [2.24, 2.45) is 0 Å². The summed E-state index contributed by atoms with van der Waals surface area (Å²) >= 11 is 0. The van der Waals surface area contributed by atoms with E-state index in [9.17, 15) is 4.79 Å². The van der Waals surface area contributed by atoms with Gasteiger partial charge in [-0.3, -0.25) is 4.98 Å². The van der Waals surface area contributed by atoms with Gasteiger partial charge in [-0.1, -0.05) is 20.8 Å². The highest BCUT2D eigenvalue weighted by molar-refractivity contribution is 6.74. The highest BCUT2D eigenvalue weighted by Crippen LogP contribution is 2.39. The predicted octanol–water partition coefficient (Wildman–Crippen LogP) is 3.41. The molecule has 5 nitrogen and oxygen atoms in total. The first-order valence-electron chi connectivity index (χ1n) is 6.68. The van der Waals surface area contributed by atoms with Crippen molar-refractivity contribution >= 4 is 14.4 Å². The Kier molecular flexibility index (Phi) is 5.30. The van der Waals surface area contributed by atoms with Gasteiger partial charge in [0.25, 0.3) is 0 Å². The van der Waals surface area contributed by atoms with Crippen molar-refractivity contribution in [1.82, 2.24) is 10.3 Å². The van der Waals surface area contributed by atoms with E-state index in [0.717, 1.165) is 5.56 Å². The van der Waals surface area contributed by atoms with Gasteiger partial charge < -0.3 is 14.8 Å². The van der Waals surface area contributed by atoms with E-state index in [1.807, 2.05) is 12.1 Å². The summed E-state index contributed by atoms with van der Waals surface area (Å²) in [6.07, 6.45) is 2.06. The number of nitrogens with one attached hydrogen (secondary N) is 1. The molecule has 0 aliphatic carbocycles. The van der Waals surface area contributed by atoms with Crippen molar-refractivity contribution in [3.05, 3.63) is 30.1 Å². The second-order valence-electron chi connectivity index (χ2n) is 6.33. The van der Waals surface area contributed by atoms with Gasteiger partial charge in [0, 0.05) is 12.4 Å². The Balaban J connectivity index is 2.92. The molecule has 2 N–H and O–H groups in total. The van der Waals surface area contributed by atoms with E-state index in [4.69, 9.17) is 9.53 Å². The van der Waals surface area contributed by atoms with Gasteiger partial charge >= 0.3 is 6.09 Å². The zero-order valence-electron chi connectivity index (χ0n) is 12.8. The van der Waals surface area contributed by atoms with E-state index < -0.39 is 14.4 Å². The summed E-state index contributed by atoms with van der Waals surface area (Å²) in [5.41, 5.74) is 0.943. The summed E-state index contributed by atoms with van der Waals surface area (Å²) in [6.45, 7) is 11.0. The van der Waals surface area contributed by atoms with E-state index in [1.165, 1.54) is 0 Å². The van der Waals surface area contributed by atoms with Crippen LogP contribution in [-0.2, 0) is 4.43 Å². The van der Waals surface area contributed by atoms with Crippen LogP contribution in [0, 0.1) is 0 Å². The van der Waals surface area contributed by atoms with Gasteiger partial charge in [0.15, 0.2) is 8.32 Å². The molecule has 0 saturated carbocycles. The average Bonchev–Trinajstić information content (AvgIpc) is 2.34. The van der Waals surface area contributed by atoms with Crippen LogP contribution in [0.4, 0.5) is 4.79 Å². The van der Waals surface area contributed by atoms with Gasteiger partial charge in [0.1, 0.15) is 0 Å². The molecular weight excluding hydrogens is 272 g/mol. The molecule has 0 bridgehead atoms. The third kappa shape index (κ3) is 4.61. The number of amides is 1. The minimum Gasteiger partial charge on any atom is -0.465 e. The number of pyridine rings is 1. The Morgan fingerprint density at radius 2 is 1.95 bits per heavy atom. The average molecular weight is 296 g/mol. The van der Waals surface area contributed by atoms with Gasteiger partial charge in [-0.15, -0.1) is 0 Å². The Bertz CT molecular complexity index is 443. The zero-order valence-corrected chi connectivity index (χ0v) is 13.8. The van der Waals surface area contributed by atoms with Gasteiger partial charge in [0.2, 0.25) is 0 Å². The summed E-state index contributed by atoms with van der Waals surface area (Å²) in [6, 6.07) is 3.72. The first-order chi connectivity index (χ1) is 9.13. The van der Waals surface area contributed by atoms with Crippen molar-refractivity contribution in [3.8, 4) is 0 Å². The normalized spacial score (nSPS) is 13.8. The third-order valence-corrected chi connectivity index (χ3v) is 8.25. The molecule has 112 valence electrons. The van der Waals surface area contributed by atoms with E-state index in [-0.39, 0.29) is 17.7 Å². The van der Waals surface area contributed by atoms with Crippen LogP contribution in [0.1, 0.15) is 32.4 Å². The van der Waals surface area contributed by atoms with Crippen LogP contribution >= 0.6 is 0 Å². The van der Waals surface area contributed by atoms with Crippen LogP contribution in [0.2, 0.25) is 18.1 Å². The lowest BCUT2D eigenvalue weighted by atomic mass is 10.1. The number of carbonyl (C=O) groups is 1. The monoisotopic (exact) mass is 296 g/mol. The van der Waals surface area contributed by atoms with Gasteiger partial charge in [0.05, 0.1) is 12.6 Å². The van der Waals surface area contributed by atoms with E-state index in [2.05, 4.69) is 44.2 Å². The van der Waals surface area contributed by atoms with Crippen molar-refractivity contribution in [2.75, 3.05) is 6.54 Å². The van der Waals surface area contributed by atoms with E-state index >= 15 is 0 Å². The Morgan fingerprint density at radius 1 is 1.40 bits per heavy atom. The standard InChI is InChI=1S/C14H24N2O3Si/c1-14(2,3)20(4,5)19-12(10-16-13(17)18)11-6-8-15-9-7-11/h6-9,12,16H,10H2,1-5H3,(H,17,18). The van der Waals surface area contributed by atoms with Crippen LogP contribution in [0.25, 0.3) is 0 Å². The molecule has 0 aliphatic rings. The first-order valence-corrected chi connectivity index (χ1v) is 9.59. The third-order valence-electron chi connectivity index (χ3n) is 3.76. The lowest BCUT2D eigenvalue weighted by Gasteiger charge is -2.39. The lowest BCUT2D eigenvalue weighted by Crippen LogP contribution is -2.44. The summed E-state index contributed by atoms with van der Waals surface area (Å²) in [5, 5.41) is 11.3. The smallest absolute Gasteiger partial charge is 0.404 e. The summed E-state index contributed by atoms with van der Waals surface area (Å²) in [4.78, 5) is 14.7. The van der Waals surface area contributed by atoms with E-state index in [0.29, 0.717) is 0 Å². The van der Waals surface area contributed by atoms with Crippen molar-refractivity contribution in [1.29, 1.82) is 0 Å². The van der Waals surface area contributed by atoms with Crippen LogP contribution in [0.5, 0.6) is 0 Å². The molecule has 0 aliphatic heterocycles. The summed E-state index contributed by atoms with van der Waals surface area (Å²) in [5.74, 6) is 0. The SMILES string of the molecule is CC(C)(C)[Si](C)(C)OC(CNC(=O)O)c1ccncc1. The molecule has 1 atom stereocenters. The molecule has 1 rings (SSSR count). The molecule has 0 saturated heterocycles. The fraction of sp³-hybridized carbons (Fsp3) is 0.571. The molecule has 6 heteroatoms. The molecule has 1 amide bonds. The Labute approximate surface area is 121 Å². The van der Waals surface area contributed by atoms with Gasteiger partial charge in [-0.05, 0) is 35.8 Å². The minimum atomic E-state index is -1.98. The molecule has 1 heterocycles. The fourth-order valence-electron chi connectivity index (χ4n) is 1.52. The summed E-state index contributed by atoms with van der Waals surface area (Å²) in [7, 11) is -1.98. The molecule has 1 unspecified atom stereocenters. The fourth-order valence-corrected chi connectivity index (χ4v) is 2.80. The van der Waals surface area contributed by atoms with Crippen LogP contribution in [0.15, 0.2) is 24.5 Å². The minimum absolute atomic E-state index is 0.0709. The molecule has 0 spiro atoms. The summed E-state index contributed by atoms with van der Waals surface area (Å²) < 4.78 is 6.32. The maximum atomic E-state index is 10.7. The van der Waals surface area contributed by atoms with Crippen LogP contribution in [0.3, 0.4) is 0 Å². The first kappa shape index (κ1) is 16.7. The largest absolute Gasteiger partial charge is 0.465 e. The lowest BCUT2D eigenvalue weighted by molar-refractivity contribution is 0.163. The molecular formula is C14H24N2O3Si. The maximum Gasteiger partial charge on any atom is 0.404 e. The second kappa shape index (κ2) is 6.36. The molecule has 0 aromatic carbocycles. The van der Waals surface area contributed by atoms with Crippen molar-refractivity contribution < 1.29 is 14.3 Å². The van der Waals surface area contributed by atoms with Crippen LogP contribution < -0.4 is 5.32 Å². The topological polar surface area (TPSA) is 71.5 Å². The quantitative estimate of drug-likeness (QED) is 0.817. The van der Waals surface area contributed by atoms with Gasteiger partial charge in [-0.25, -0.2) is 4.79 Å². The Morgan fingerprint density at radius 3 is 2.40 bits per heavy atom.